The third kappa shape index (κ3) is 7.05. The van der Waals surface area contributed by atoms with Gasteiger partial charge in [0.15, 0.2) is 0 Å². The number of anilines is 2. The fraction of sp³-hybridized carbons (Fsp3) is 0.308. The molecule has 7 nitrogen and oxygen atoms in total. The minimum Gasteiger partial charge on any atom is -0.489 e. The normalized spacial score (nSPS) is 21.0. The van der Waals surface area contributed by atoms with Gasteiger partial charge in [0.25, 0.3) is 0 Å². The van der Waals surface area contributed by atoms with Crippen molar-refractivity contribution in [1.29, 1.82) is 0 Å². The summed E-state index contributed by atoms with van der Waals surface area (Å²) >= 11 is 0. The molecule has 4 aromatic carbocycles. The van der Waals surface area contributed by atoms with Gasteiger partial charge in [-0.05, 0) is 82.0 Å². The van der Waals surface area contributed by atoms with Crippen LogP contribution < -0.4 is 15.4 Å². The standard InChI is InChI=1S/C39H42N2O5/c1-23-11-15-28(16-12-23)22-46-33-10-8-7-9-29(33)34-35(37(43)40-30-17-13-24(2)19-26(30)4)32(42)21-39(6,45)36(34)38(44)41-31-18-14-25(3)20-27(31)5/h7-20,34-36,45H,21-22H2,1-6H3,(H,40,43)(H,41,44). The van der Waals surface area contributed by atoms with Crippen LogP contribution in [-0.4, -0.2) is 28.3 Å². The molecule has 0 aromatic heterocycles. The van der Waals surface area contributed by atoms with Crippen molar-refractivity contribution in [3.63, 3.8) is 0 Å². The maximum atomic E-state index is 14.3. The summed E-state index contributed by atoms with van der Waals surface area (Å²) in [5.41, 5.74) is 5.82. The van der Waals surface area contributed by atoms with E-state index in [-0.39, 0.29) is 13.0 Å². The zero-order chi connectivity index (χ0) is 33.2. The van der Waals surface area contributed by atoms with Crippen LogP contribution in [0.3, 0.4) is 0 Å². The highest BCUT2D eigenvalue weighted by Gasteiger charge is 2.56. The first-order valence-corrected chi connectivity index (χ1v) is 15.6. The third-order valence-corrected chi connectivity index (χ3v) is 8.90. The lowest BCUT2D eigenvalue weighted by Crippen LogP contribution is -2.56. The van der Waals surface area contributed by atoms with Crippen molar-refractivity contribution in [2.24, 2.45) is 11.8 Å². The number of ether oxygens (including phenoxy) is 1. The zero-order valence-corrected chi connectivity index (χ0v) is 27.3. The third-order valence-electron chi connectivity index (χ3n) is 8.90. The lowest BCUT2D eigenvalue weighted by molar-refractivity contribution is -0.150. The van der Waals surface area contributed by atoms with Crippen LogP contribution >= 0.6 is 0 Å². The summed E-state index contributed by atoms with van der Waals surface area (Å²) in [5, 5.41) is 17.8. The number of para-hydroxylation sites is 1. The predicted molar refractivity (Wildman–Crippen MR) is 181 cm³/mol. The largest absolute Gasteiger partial charge is 0.489 e. The van der Waals surface area contributed by atoms with E-state index >= 15 is 0 Å². The summed E-state index contributed by atoms with van der Waals surface area (Å²) in [6.07, 6.45) is -0.355. The number of aliphatic hydroxyl groups is 1. The second-order valence-corrected chi connectivity index (χ2v) is 12.9. The number of amides is 2. The molecule has 3 N–H and O–H groups in total. The first-order chi connectivity index (χ1) is 21.8. The van der Waals surface area contributed by atoms with Gasteiger partial charge in [0.05, 0.1) is 11.5 Å². The van der Waals surface area contributed by atoms with Crippen LogP contribution in [0, 0.1) is 46.5 Å². The van der Waals surface area contributed by atoms with Crippen molar-refractivity contribution in [3.8, 4) is 5.75 Å². The molecule has 0 heterocycles. The molecule has 7 heteroatoms. The molecule has 0 saturated heterocycles. The Morgan fingerprint density at radius 3 is 1.91 bits per heavy atom. The summed E-state index contributed by atoms with van der Waals surface area (Å²) < 4.78 is 6.32. The fourth-order valence-corrected chi connectivity index (χ4v) is 6.53. The van der Waals surface area contributed by atoms with Crippen LogP contribution in [0.25, 0.3) is 0 Å². The Labute approximate surface area is 271 Å². The molecule has 2 amide bonds. The Balaban J connectivity index is 1.59. The molecule has 0 radical (unpaired) electrons. The highest BCUT2D eigenvalue weighted by atomic mass is 16.5. The highest BCUT2D eigenvalue weighted by molar-refractivity contribution is 6.10. The lowest BCUT2D eigenvalue weighted by atomic mass is 9.61. The summed E-state index contributed by atoms with van der Waals surface area (Å²) in [7, 11) is 0. The molecule has 0 spiro atoms. The number of hydrogen-bond acceptors (Lipinski definition) is 5. The maximum Gasteiger partial charge on any atom is 0.235 e. The molecule has 0 aliphatic heterocycles. The molecule has 1 aliphatic carbocycles. The number of ketones is 1. The number of rotatable bonds is 8. The average molecular weight is 619 g/mol. The molecule has 4 aromatic rings. The van der Waals surface area contributed by atoms with Crippen LogP contribution in [0.5, 0.6) is 5.75 Å². The number of nitrogens with one attached hydrogen (secondary N) is 2. The summed E-state index contributed by atoms with van der Waals surface area (Å²) in [4.78, 5) is 42.4. The Hall–Kier alpha value is -4.75. The van der Waals surface area contributed by atoms with E-state index in [4.69, 9.17) is 4.74 Å². The number of aryl methyl sites for hydroxylation is 5. The monoisotopic (exact) mass is 618 g/mol. The second kappa shape index (κ2) is 13.3. The van der Waals surface area contributed by atoms with Gasteiger partial charge in [-0.2, -0.15) is 0 Å². The van der Waals surface area contributed by atoms with E-state index in [1.807, 2.05) is 101 Å². The quantitative estimate of drug-likeness (QED) is 0.182. The first kappa shape index (κ1) is 32.6. The van der Waals surface area contributed by atoms with E-state index < -0.39 is 41.0 Å². The number of benzene rings is 4. The molecule has 238 valence electrons. The number of carbonyl (C=O) groups is 3. The Kier molecular flexibility index (Phi) is 9.44. The SMILES string of the molecule is Cc1ccc(COc2ccccc2C2C(C(=O)Nc3ccc(C)cc3C)C(=O)CC(C)(O)C2C(=O)Nc2ccc(C)cc2C)cc1. The molecular weight excluding hydrogens is 576 g/mol. The van der Waals surface area contributed by atoms with Gasteiger partial charge in [0, 0.05) is 23.7 Å². The molecule has 0 bridgehead atoms. The van der Waals surface area contributed by atoms with E-state index in [1.54, 1.807) is 18.2 Å². The molecule has 5 rings (SSSR count). The minimum atomic E-state index is -1.74. The fourth-order valence-electron chi connectivity index (χ4n) is 6.53. The smallest absolute Gasteiger partial charge is 0.235 e. The van der Waals surface area contributed by atoms with Crippen LogP contribution in [0.2, 0.25) is 0 Å². The van der Waals surface area contributed by atoms with E-state index in [9.17, 15) is 19.5 Å². The average Bonchev–Trinajstić information content (AvgIpc) is 2.99. The van der Waals surface area contributed by atoms with E-state index in [2.05, 4.69) is 10.6 Å². The number of carbonyl (C=O) groups excluding carboxylic acids is 3. The van der Waals surface area contributed by atoms with Gasteiger partial charge in [0.1, 0.15) is 24.1 Å². The molecule has 1 fully saturated rings. The molecule has 46 heavy (non-hydrogen) atoms. The summed E-state index contributed by atoms with van der Waals surface area (Å²) in [6.45, 7) is 11.5. The lowest BCUT2D eigenvalue weighted by Gasteiger charge is -2.44. The topological polar surface area (TPSA) is 105 Å². The van der Waals surface area contributed by atoms with Crippen LogP contribution in [0.15, 0.2) is 84.9 Å². The number of Topliss-reactive ketones (excluding diaryl/α,β-unsaturated/α-hetero) is 1. The highest BCUT2D eigenvalue weighted by Crippen LogP contribution is 2.49. The van der Waals surface area contributed by atoms with Crippen LogP contribution in [-0.2, 0) is 21.0 Å². The summed E-state index contributed by atoms with van der Waals surface area (Å²) in [5.74, 6) is -4.47. The van der Waals surface area contributed by atoms with Gasteiger partial charge < -0.3 is 20.5 Å². The van der Waals surface area contributed by atoms with E-state index in [1.165, 1.54) is 6.92 Å². The van der Waals surface area contributed by atoms with Crippen LogP contribution in [0.4, 0.5) is 11.4 Å². The molecule has 4 atom stereocenters. The zero-order valence-electron chi connectivity index (χ0n) is 27.3. The van der Waals surface area contributed by atoms with Crippen molar-refractivity contribution in [2.75, 3.05) is 10.6 Å². The minimum absolute atomic E-state index is 0.243. The Morgan fingerprint density at radius 1 is 0.783 bits per heavy atom. The Morgan fingerprint density at radius 2 is 1.33 bits per heavy atom. The van der Waals surface area contributed by atoms with Crippen molar-refractivity contribution in [2.45, 2.75) is 66.1 Å². The van der Waals surface area contributed by atoms with Crippen LogP contribution in [0.1, 0.15) is 58.2 Å². The van der Waals surface area contributed by atoms with Gasteiger partial charge >= 0.3 is 0 Å². The maximum absolute atomic E-state index is 14.3. The predicted octanol–water partition coefficient (Wildman–Crippen LogP) is 7.12. The van der Waals surface area contributed by atoms with E-state index in [0.29, 0.717) is 22.7 Å². The van der Waals surface area contributed by atoms with Crippen molar-refractivity contribution in [1.82, 2.24) is 0 Å². The van der Waals surface area contributed by atoms with Gasteiger partial charge in [-0.3, -0.25) is 14.4 Å². The van der Waals surface area contributed by atoms with Gasteiger partial charge in [-0.25, -0.2) is 0 Å². The van der Waals surface area contributed by atoms with Gasteiger partial charge in [0.2, 0.25) is 11.8 Å². The van der Waals surface area contributed by atoms with Crippen molar-refractivity contribution in [3.05, 3.63) is 124 Å². The molecule has 1 aliphatic rings. The Bertz CT molecular complexity index is 1780. The van der Waals surface area contributed by atoms with Crippen molar-refractivity contribution < 1.29 is 24.2 Å². The second-order valence-electron chi connectivity index (χ2n) is 12.9. The summed E-state index contributed by atoms with van der Waals surface area (Å²) in [6, 6.07) is 26.5. The van der Waals surface area contributed by atoms with Gasteiger partial charge in [-0.15, -0.1) is 0 Å². The first-order valence-electron chi connectivity index (χ1n) is 15.6. The van der Waals surface area contributed by atoms with E-state index in [0.717, 1.165) is 33.4 Å². The van der Waals surface area contributed by atoms with Crippen molar-refractivity contribution >= 4 is 29.0 Å². The molecular formula is C39H42N2O5. The molecule has 4 unspecified atom stereocenters. The van der Waals surface area contributed by atoms with Gasteiger partial charge in [-0.1, -0.05) is 83.4 Å². The molecule has 1 saturated carbocycles. The number of hydrogen-bond donors (Lipinski definition) is 3.